The first-order valence-corrected chi connectivity index (χ1v) is 8.88. The largest absolute Gasteiger partial charge is 0.240 e. The van der Waals surface area contributed by atoms with Gasteiger partial charge in [0.2, 0.25) is 10.0 Å². The molecular weight excluding hydrogens is 288 g/mol. The zero-order valence-corrected chi connectivity index (χ0v) is 12.2. The number of nitrogens with one attached hydrogen (secondary N) is 1. The molecule has 0 aliphatic carbocycles. The summed E-state index contributed by atoms with van der Waals surface area (Å²) in [5, 5.41) is 8.76. The van der Waals surface area contributed by atoms with E-state index in [4.69, 9.17) is 5.26 Å². The molecule has 6 nitrogen and oxygen atoms in total. The molecule has 0 atom stereocenters. The second-order valence-electron chi connectivity index (χ2n) is 4.12. The smallest absolute Gasteiger partial charge is 0.229 e. The van der Waals surface area contributed by atoms with Gasteiger partial charge in [0.05, 0.1) is 22.3 Å². The molecule has 104 valence electrons. The molecule has 0 spiro atoms. The highest BCUT2D eigenvalue weighted by molar-refractivity contribution is 7.91. The molecule has 0 aromatic heterocycles. The van der Waals surface area contributed by atoms with Gasteiger partial charge in [0.1, 0.15) is 9.84 Å². The van der Waals surface area contributed by atoms with Crippen molar-refractivity contribution >= 4 is 19.9 Å². The standard InChI is InChI=1S/C11H14N2O4S2/c1-9-7-11(4-3-10(9)8-12)19(16,17)13-5-6-18(2,14)15/h3-4,7,13H,5-6H2,1-2H3. The number of nitriles is 1. The molecule has 0 heterocycles. The molecule has 1 rings (SSSR count). The lowest BCUT2D eigenvalue weighted by atomic mass is 10.1. The van der Waals surface area contributed by atoms with Crippen molar-refractivity contribution in [1.29, 1.82) is 5.26 Å². The molecule has 1 N–H and O–H groups in total. The van der Waals surface area contributed by atoms with Crippen molar-refractivity contribution in [2.24, 2.45) is 0 Å². The predicted octanol–water partition coefficient (Wildman–Crippen LogP) is 0.190. The van der Waals surface area contributed by atoms with E-state index in [-0.39, 0.29) is 17.2 Å². The Kier molecular flexibility index (Phi) is 4.68. The van der Waals surface area contributed by atoms with Gasteiger partial charge < -0.3 is 0 Å². The second kappa shape index (κ2) is 5.69. The molecule has 0 saturated heterocycles. The van der Waals surface area contributed by atoms with Gasteiger partial charge in [-0.05, 0) is 30.7 Å². The minimum absolute atomic E-state index is 0.0116. The monoisotopic (exact) mass is 302 g/mol. The minimum Gasteiger partial charge on any atom is -0.229 e. The zero-order chi connectivity index (χ0) is 14.7. The van der Waals surface area contributed by atoms with Gasteiger partial charge in [-0.2, -0.15) is 5.26 Å². The van der Waals surface area contributed by atoms with Crippen molar-refractivity contribution in [2.75, 3.05) is 18.6 Å². The number of sulfone groups is 1. The second-order valence-corrected chi connectivity index (χ2v) is 8.14. The van der Waals surface area contributed by atoms with E-state index >= 15 is 0 Å². The Balaban J connectivity index is 2.90. The van der Waals surface area contributed by atoms with Gasteiger partial charge in [-0.3, -0.25) is 0 Å². The van der Waals surface area contributed by atoms with E-state index in [1.54, 1.807) is 6.92 Å². The average molecular weight is 302 g/mol. The lowest BCUT2D eigenvalue weighted by Gasteiger charge is -2.07. The van der Waals surface area contributed by atoms with Crippen LogP contribution in [-0.4, -0.2) is 35.4 Å². The molecule has 0 fully saturated rings. The Morgan fingerprint density at radius 3 is 2.37 bits per heavy atom. The average Bonchev–Trinajstić information content (AvgIpc) is 2.26. The van der Waals surface area contributed by atoms with Crippen molar-refractivity contribution in [3.8, 4) is 6.07 Å². The SMILES string of the molecule is Cc1cc(S(=O)(=O)NCCS(C)(=O)=O)ccc1C#N. The number of rotatable bonds is 5. The molecule has 0 unspecified atom stereocenters. The molecule has 0 aliphatic rings. The number of nitrogens with zero attached hydrogens (tertiary/aromatic N) is 1. The van der Waals surface area contributed by atoms with Gasteiger partial charge in [-0.15, -0.1) is 0 Å². The third kappa shape index (κ3) is 4.63. The normalized spacial score (nSPS) is 12.1. The third-order valence-electron chi connectivity index (χ3n) is 2.39. The van der Waals surface area contributed by atoms with Crippen molar-refractivity contribution in [3.63, 3.8) is 0 Å². The van der Waals surface area contributed by atoms with E-state index in [1.165, 1.54) is 18.2 Å². The number of aryl methyl sites for hydroxylation is 1. The fourth-order valence-electron chi connectivity index (χ4n) is 1.37. The summed E-state index contributed by atoms with van der Waals surface area (Å²) in [5.74, 6) is -0.262. The van der Waals surface area contributed by atoms with Crippen LogP contribution in [0.25, 0.3) is 0 Å². The maximum atomic E-state index is 11.9. The maximum absolute atomic E-state index is 11.9. The summed E-state index contributed by atoms with van der Waals surface area (Å²) in [6.07, 6.45) is 1.03. The van der Waals surface area contributed by atoms with Crippen molar-refractivity contribution in [3.05, 3.63) is 29.3 Å². The summed E-state index contributed by atoms with van der Waals surface area (Å²) in [7, 11) is -6.97. The van der Waals surface area contributed by atoms with E-state index < -0.39 is 19.9 Å². The first-order valence-electron chi connectivity index (χ1n) is 5.34. The molecule has 1 aromatic carbocycles. The molecule has 1 aromatic rings. The summed E-state index contributed by atoms with van der Waals surface area (Å²) in [4.78, 5) is 0.0116. The van der Waals surface area contributed by atoms with Crippen LogP contribution in [0.2, 0.25) is 0 Å². The fraction of sp³-hybridized carbons (Fsp3) is 0.364. The van der Waals surface area contributed by atoms with E-state index in [1.807, 2.05) is 6.07 Å². The summed E-state index contributed by atoms with van der Waals surface area (Å²) in [6.45, 7) is 1.45. The molecule has 8 heteroatoms. The van der Waals surface area contributed by atoms with Crippen LogP contribution in [0.4, 0.5) is 0 Å². The highest BCUT2D eigenvalue weighted by Gasteiger charge is 2.15. The third-order valence-corrected chi connectivity index (χ3v) is 4.80. The Morgan fingerprint density at radius 2 is 1.89 bits per heavy atom. The quantitative estimate of drug-likeness (QED) is 0.836. The van der Waals surface area contributed by atoms with Crippen LogP contribution in [0.3, 0.4) is 0 Å². The van der Waals surface area contributed by atoms with Gasteiger partial charge in [0, 0.05) is 12.8 Å². The first-order chi connectivity index (χ1) is 8.65. The molecule has 0 radical (unpaired) electrons. The van der Waals surface area contributed by atoms with E-state index in [9.17, 15) is 16.8 Å². The van der Waals surface area contributed by atoms with Crippen LogP contribution in [0.1, 0.15) is 11.1 Å². The molecule has 0 saturated carbocycles. The highest BCUT2D eigenvalue weighted by Crippen LogP contribution is 2.14. The lowest BCUT2D eigenvalue weighted by molar-refractivity contribution is 0.582. The van der Waals surface area contributed by atoms with Gasteiger partial charge in [-0.1, -0.05) is 0 Å². The van der Waals surface area contributed by atoms with Crippen LogP contribution in [0.5, 0.6) is 0 Å². The number of sulfonamides is 1. The van der Waals surface area contributed by atoms with Gasteiger partial charge >= 0.3 is 0 Å². The molecule has 0 aliphatic heterocycles. The van der Waals surface area contributed by atoms with Crippen LogP contribution >= 0.6 is 0 Å². The fourth-order valence-corrected chi connectivity index (χ4v) is 3.09. The van der Waals surface area contributed by atoms with E-state index in [0.29, 0.717) is 11.1 Å². The molecule has 19 heavy (non-hydrogen) atoms. The molecule has 0 bridgehead atoms. The minimum atomic E-state index is -3.75. The number of hydrogen-bond donors (Lipinski definition) is 1. The van der Waals surface area contributed by atoms with E-state index in [0.717, 1.165) is 6.26 Å². The summed E-state index contributed by atoms with van der Waals surface area (Å²) >= 11 is 0. The predicted molar refractivity (Wildman–Crippen MR) is 70.8 cm³/mol. The summed E-state index contributed by atoms with van der Waals surface area (Å²) < 4.78 is 47.8. The van der Waals surface area contributed by atoms with Crippen LogP contribution in [0.15, 0.2) is 23.1 Å². The van der Waals surface area contributed by atoms with Crippen LogP contribution < -0.4 is 4.72 Å². The highest BCUT2D eigenvalue weighted by atomic mass is 32.2. The van der Waals surface area contributed by atoms with Gasteiger partial charge in [-0.25, -0.2) is 21.6 Å². The lowest BCUT2D eigenvalue weighted by Crippen LogP contribution is -2.29. The molecule has 0 amide bonds. The summed E-state index contributed by atoms with van der Waals surface area (Å²) in [5.41, 5.74) is 0.948. The topological polar surface area (TPSA) is 104 Å². The van der Waals surface area contributed by atoms with Gasteiger partial charge in [0.15, 0.2) is 0 Å². The van der Waals surface area contributed by atoms with Crippen molar-refractivity contribution in [2.45, 2.75) is 11.8 Å². The maximum Gasteiger partial charge on any atom is 0.240 e. The Bertz CT molecular complexity index is 716. The zero-order valence-electron chi connectivity index (χ0n) is 10.5. The first kappa shape index (κ1) is 15.6. The molecular formula is C11H14N2O4S2. The Hall–Kier alpha value is -1.43. The van der Waals surface area contributed by atoms with Crippen LogP contribution in [0, 0.1) is 18.3 Å². The number of benzene rings is 1. The Labute approximate surface area is 113 Å². The van der Waals surface area contributed by atoms with Crippen molar-refractivity contribution in [1.82, 2.24) is 4.72 Å². The van der Waals surface area contributed by atoms with Crippen LogP contribution in [-0.2, 0) is 19.9 Å². The van der Waals surface area contributed by atoms with Gasteiger partial charge in [0.25, 0.3) is 0 Å². The van der Waals surface area contributed by atoms with Crippen molar-refractivity contribution < 1.29 is 16.8 Å². The Morgan fingerprint density at radius 1 is 1.26 bits per heavy atom. The number of hydrogen-bond acceptors (Lipinski definition) is 5. The summed E-state index contributed by atoms with van der Waals surface area (Å²) in [6, 6.07) is 6.05. The van der Waals surface area contributed by atoms with E-state index in [2.05, 4.69) is 4.72 Å².